The molecule has 0 aromatic heterocycles. The van der Waals surface area contributed by atoms with Gasteiger partial charge in [0, 0.05) is 31.4 Å². The Bertz CT molecular complexity index is 585. The van der Waals surface area contributed by atoms with Gasteiger partial charge in [0.25, 0.3) is 0 Å². The smallest absolute Gasteiger partial charge is 0.224 e. The summed E-state index contributed by atoms with van der Waals surface area (Å²) in [6, 6.07) is 6.45. The van der Waals surface area contributed by atoms with Crippen LogP contribution < -0.4 is 16.0 Å². The number of rotatable bonds is 7. The highest BCUT2D eigenvalue weighted by atomic mass is 127. The zero-order valence-corrected chi connectivity index (χ0v) is 18.4. The number of hydrogen-bond donors (Lipinski definition) is 3. The monoisotopic (exact) mass is 494 g/mol. The quantitative estimate of drug-likeness (QED) is 0.236. The van der Waals surface area contributed by atoms with Crippen molar-refractivity contribution in [3.8, 4) is 0 Å². The van der Waals surface area contributed by atoms with Gasteiger partial charge >= 0.3 is 0 Å². The first-order valence-corrected chi connectivity index (χ1v) is 9.90. The van der Waals surface area contributed by atoms with E-state index >= 15 is 0 Å². The van der Waals surface area contributed by atoms with E-state index in [4.69, 9.17) is 0 Å². The molecule has 1 aliphatic carbocycles. The fourth-order valence-corrected chi connectivity index (χ4v) is 3.70. The molecule has 8 heteroatoms. The molecule has 0 spiro atoms. The Hall–Kier alpha value is -1.03. The number of amides is 1. The molecular formula is C18H28FIN4OS. The van der Waals surface area contributed by atoms with E-state index in [1.807, 2.05) is 11.8 Å². The second-order valence-electron chi connectivity index (χ2n) is 6.16. The molecule has 26 heavy (non-hydrogen) atoms. The highest BCUT2D eigenvalue weighted by Crippen LogP contribution is 2.27. The topological polar surface area (TPSA) is 65.5 Å². The molecule has 1 amide bonds. The number of hydrogen-bond acceptors (Lipinski definition) is 3. The second kappa shape index (κ2) is 12.4. The van der Waals surface area contributed by atoms with Crippen LogP contribution in [0.1, 0.15) is 24.8 Å². The molecule has 2 atom stereocenters. The van der Waals surface area contributed by atoms with Crippen LogP contribution in [0.5, 0.6) is 0 Å². The molecule has 0 saturated heterocycles. The zero-order valence-electron chi connectivity index (χ0n) is 15.3. The average Bonchev–Trinajstić information content (AvgIpc) is 3.07. The standard InChI is InChI=1S/C18H27FN4OS.HI/c1-20-18(23-15-7-8-16(12-15)25-2)22-10-9-21-17(24)11-13-3-5-14(19)6-4-13;/h3-6,15-16H,7-12H2,1-2H3,(H,21,24)(H2,20,22,23);1H. The number of benzene rings is 1. The zero-order chi connectivity index (χ0) is 18.1. The number of nitrogens with zero attached hydrogens (tertiary/aromatic N) is 1. The maximum Gasteiger partial charge on any atom is 0.224 e. The largest absolute Gasteiger partial charge is 0.355 e. The minimum atomic E-state index is -0.293. The van der Waals surface area contributed by atoms with Crippen molar-refractivity contribution in [2.24, 2.45) is 4.99 Å². The third kappa shape index (κ3) is 8.11. The highest BCUT2D eigenvalue weighted by Gasteiger charge is 2.24. The molecule has 1 aromatic carbocycles. The van der Waals surface area contributed by atoms with Crippen LogP contribution in [0.15, 0.2) is 29.3 Å². The number of thioether (sulfide) groups is 1. The minimum Gasteiger partial charge on any atom is -0.355 e. The van der Waals surface area contributed by atoms with Gasteiger partial charge in [0.1, 0.15) is 5.82 Å². The van der Waals surface area contributed by atoms with Crippen LogP contribution in [0, 0.1) is 5.82 Å². The van der Waals surface area contributed by atoms with E-state index < -0.39 is 0 Å². The van der Waals surface area contributed by atoms with Crippen LogP contribution in [0.25, 0.3) is 0 Å². The molecule has 0 bridgehead atoms. The van der Waals surface area contributed by atoms with Gasteiger partial charge in [0.2, 0.25) is 5.91 Å². The van der Waals surface area contributed by atoms with Crippen molar-refractivity contribution in [1.82, 2.24) is 16.0 Å². The molecule has 0 aliphatic heterocycles. The summed E-state index contributed by atoms with van der Waals surface area (Å²) < 4.78 is 12.8. The van der Waals surface area contributed by atoms with Crippen LogP contribution >= 0.6 is 35.7 Å². The van der Waals surface area contributed by atoms with Crippen LogP contribution in [0.2, 0.25) is 0 Å². The lowest BCUT2D eigenvalue weighted by Crippen LogP contribution is -2.45. The third-order valence-electron chi connectivity index (χ3n) is 4.30. The van der Waals surface area contributed by atoms with E-state index in [2.05, 4.69) is 27.2 Å². The molecule has 146 valence electrons. The normalized spacial score (nSPS) is 19.6. The first kappa shape index (κ1) is 23.0. The molecule has 3 N–H and O–H groups in total. The summed E-state index contributed by atoms with van der Waals surface area (Å²) >= 11 is 1.93. The number of halogens is 2. The lowest BCUT2D eigenvalue weighted by atomic mass is 10.1. The minimum absolute atomic E-state index is 0. The maximum atomic E-state index is 12.8. The van der Waals surface area contributed by atoms with Gasteiger partial charge in [0.15, 0.2) is 5.96 Å². The van der Waals surface area contributed by atoms with Crippen LogP contribution in [-0.2, 0) is 11.2 Å². The van der Waals surface area contributed by atoms with E-state index in [1.54, 1.807) is 19.2 Å². The summed E-state index contributed by atoms with van der Waals surface area (Å²) in [4.78, 5) is 16.1. The molecule has 1 fully saturated rings. The van der Waals surface area contributed by atoms with Gasteiger partial charge in [0.05, 0.1) is 6.42 Å². The molecule has 2 rings (SSSR count). The van der Waals surface area contributed by atoms with Crippen LogP contribution in [-0.4, -0.2) is 49.6 Å². The third-order valence-corrected chi connectivity index (χ3v) is 5.39. The molecule has 5 nitrogen and oxygen atoms in total. The van der Waals surface area contributed by atoms with E-state index in [-0.39, 0.29) is 42.1 Å². The lowest BCUT2D eigenvalue weighted by Gasteiger charge is -2.17. The molecule has 1 aliphatic rings. The molecule has 2 unspecified atom stereocenters. The van der Waals surface area contributed by atoms with Gasteiger partial charge in [-0.25, -0.2) is 4.39 Å². The highest BCUT2D eigenvalue weighted by molar-refractivity contribution is 14.0. The fourth-order valence-electron chi connectivity index (χ4n) is 2.91. The van der Waals surface area contributed by atoms with Gasteiger partial charge in [-0.2, -0.15) is 11.8 Å². The summed E-state index contributed by atoms with van der Waals surface area (Å²) in [5.74, 6) is 0.410. The Labute approximate surface area is 176 Å². The molecule has 1 aromatic rings. The maximum absolute atomic E-state index is 12.8. The van der Waals surface area contributed by atoms with Gasteiger partial charge in [-0.15, -0.1) is 24.0 Å². The first-order valence-electron chi connectivity index (χ1n) is 8.62. The molecule has 0 heterocycles. The van der Waals surface area contributed by atoms with Crippen molar-refractivity contribution in [3.63, 3.8) is 0 Å². The van der Waals surface area contributed by atoms with Crippen molar-refractivity contribution in [3.05, 3.63) is 35.6 Å². The lowest BCUT2D eigenvalue weighted by molar-refractivity contribution is -0.120. The van der Waals surface area contributed by atoms with E-state index in [9.17, 15) is 9.18 Å². The van der Waals surface area contributed by atoms with Gasteiger partial charge in [-0.1, -0.05) is 12.1 Å². The van der Waals surface area contributed by atoms with Gasteiger partial charge in [-0.05, 0) is 43.2 Å². The Morgan fingerprint density at radius 3 is 2.54 bits per heavy atom. The van der Waals surface area contributed by atoms with E-state index in [0.29, 0.717) is 19.1 Å². The van der Waals surface area contributed by atoms with Crippen LogP contribution in [0.3, 0.4) is 0 Å². The molecule has 1 saturated carbocycles. The Balaban J connectivity index is 0.00000338. The molecule has 0 radical (unpaired) electrons. The van der Waals surface area contributed by atoms with Crippen molar-refractivity contribution in [2.75, 3.05) is 26.4 Å². The van der Waals surface area contributed by atoms with Gasteiger partial charge < -0.3 is 16.0 Å². The van der Waals surface area contributed by atoms with Crippen LogP contribution in [0.4, 0.5) is 4.39 Å². The summed E-state index contributed by atoms with van der Waals surface area (Å²) in [5.41, 5.74) is 0.800. The molecular weight excluding hydrogens is 466 g/mol. The Morgan fingerprint density at radius 1 is 1.23 bits per heavy atom. The van der Waals surface area contributed by atoms with Crippen molar-refractivity contribution >= 4 is 47.6 Å². The fraction of sp³-hybridized carbons (Fsp3) is 0.556. The average molecular weight is 494 g/mol. The van der Waals surface area contributed by atoms with Gasteiger partial charge in [-0.3, -0.25) is 9.79 Å². The number of nitrogens with one attached hydrogen (secondary N) is 3. The summed E-state index contributed by atoms with van der Waals surface area (Å²) in [5, 5.41) is 10.3. The predicted octanol–water partition coefficient (Wildman–Crippen LogP) is 2.55. The van der Waals surface area contributed by atoms with E-state index in [1.165, 1.54) is 25.0 Å². The number of aliphatic imine (C=N–C) groups is 1. The Kier molecular flexibility index (Phi) is 11.0. The SMILES string of the molecule is CN=C(NCCNC(=O)Cc1ccc(F)cc1)NC1CCC(SC)C1.I. The number of guanidine groups is 1. The van der Waals surface area contributed by atoms with Crippen molar-refractivity contribution < 1.29 is 9.18 Å². The summed E-state index contributed by atoms with van der Waals surface area (Å²) in [6.07, 6.45) is 5.99. The van der Waals surface area contributed by atoms with Crippen molar-refractivity contribution in [2.45, 2.75) is 37.0 Å². The predicted molar refractivity (Wildman–Crippen MR) is 118 cm³/mol. The number of carbonyl (C=O) groups excluding carboxylic acids is 1. The number of carbonyl (C=O) groups is 1. The second-order valence-corrected chi connectivity index (χ2v) is 7.30. The van der Waals surface area contributed by atoms with Crippen molar-refractivity contribution in [1.29, 1.82) is 0 Å². The first-order chi connectivity index (χ1) is 12.1. The van der Waals surface area contributed by atoms with E-state index in [0.717, 1.165) is 23.2 Å². The summed E-state index contributed by atoms with van der Waals surface area (Å²) in [7, 11) is 1.75. The summed E-state index contributed by atoms with van der Waals surface area (Å²) in [6.45, 7) is 1.12. The Morgan fingerprint density at radius 2 is 1.92 bits per heavy atom.